The van der Waals surface area contributed by atoms with Gasteiger partial charge in [-0.2, -0.15) is 5.10 Å². The smallest absolute Gasteiger partial charge is 0.148 e. The van der Waals surface area contributed by atoms with Crippen LogP contribution < -0.4 is 5.32 Å². The summed E-state index contributed by atoms with van der Waals surface area (Å²) in [6.45, 7) is 0.728. The Hall–Kier alpha value is -2.36. The van der Waals surface area contributed by atoms with E-state index in [9.17, 15) is 0 Å². The monoisotopic (exact) mass is 238 g/mol. The summed E-state index contributed by atoms with van der Waals surface area (Å²) >= 11 is 0. The molecule has 3 aromatic rings. The molecule has 4 nitrogen and oxygen atoms in total. The van der Waals surface area contributed by atoms with Crippen molar-refractivity contribution in [2.45, 2.75) is 6.54 Å². The number of rotatable bonds is 3. The first kappa shape index (κ1) is 10.8. The van der Waals surface area contributed by atoms with Crippen molar-refractivity contribution in [3.63, 3.8) is 0 Å². The fourth-order valence-corrected chi connectivity index (χ4v) is 2.01. The maximum atomic E-state index is 4.43. The summed E-state index contributed by atoms with van der Waals surface area (Å²) in [4.78, 5) is 4.43. The first-order chi connectivity index (χ1) is 8.83. The van der Waals surface area contributed by atoms with Crippen molar-refractivity contribution >= 4 is 16.7 Å². The summed E-state index contributed by atoms with van der Waals surface area (Å²) in [5.41, 5.74) is 2.22. The van der Waals surface area contributed by atoms with Crippen LogP contribution in [-0.2, 0) is 13.6 Å². The van der Waals surface area contributed by atoms with Gasteiger partial charge in [0, 0.05) is 37.4 Å². The van der Waals surface area contributed by atoms with Crippen molar-refractivity contribution in [1.29, 1.82) is 0 Å². The maximum absolute atomic E-state index is 4.43. The van der Waals surface area contributed by atoms with Crippen molar-refractivity contribution in [3.05, 3.63) is 54.4 Å². The Morgan fingerprint density at radius 3 is 2.89 bits per heavy atom. The highest BCUT2D eigenvalue weighted by atomic mass is 15.3. The first-order valence-electron chi connectivity index (χ1n) is 5.89. The van der Waals surface area contributed by atoms with E-state index >= 15 is 0 Å². The standard InChI is InChI=1S/C14H14N4/c1-18-9-7-13(17-18)16-10-12-5-2-4-11-6-3-8-15-14(11)12/h2-9H,10H2,1H3,(H,16,17). The van der Waals surface area contributed by atoms with Crippen LogP contribution in [0, 0.1) is 0 Å². The van der Waals surface area contributed by atoms with Gasteiger partial charge in [-0.05, 0) is 11.6 Å². The molecular weight excluding hydrogens is 224 g/mol. The van der Waals surface area contributed by atoms with Gasteiger partial charge in [0.15, 0.2) is 0 Å². The molecule has 0 amide bonds. The average molecular weight is 238 g/mol. The van der Waals surface area contributed by atoms with Gasteiger partial charge in [-0.3, -0.25) is 9.67 Å². The molecule has 0 unspecified atom stereocenters. The van der Waals surface area contributed by atoms with E-state index in [-0.39, 0.29) is 0 Å². The predicted octanol–water partition coefficient (Wildman–Crippen LogP) is 2.58. The van der Waals surface area contributed by atoms with Crippen molar-refractivity contribution in [3.8, 4) is 0 Å². The van der Waals surface area contributed by atoms with Crippen molar-refractivity contribution < 1.29 is 0 Å². The lowest BCUT2D eigenvalue weighted by Gasteiger charge is -2.06. The normalized spacial score (nSPS) is 10.7. The molecule has 0 saturated heterocycles. The maximum Gasteiger partial charge on any atom is 0.148 e. The number of anilines is 1. The lowest BCUT2D eigenvalue weighted by atomic mass is 10.1. The fraction of sp³-hybridized carbons (Fsp3) is 0.143. The summed E-state index contributed by atoms with van der Waals surface area (Å²) in [5.74, 6) is 0.880. The Labute approximate surface area is 105 Å². The molecule has 2 aromatic heterocycles. The molecule has 18 heavy (non-hydrogen) atoms. The van der Waals surface area contributed by atoms with Gasteiger partial charge in [-0.25, -0.2) is 0 Å². The number of para-hydroxylation sites is 1. The van der Waals surface area contributed by atoms with E-state index in [4.69, 9.17) is 0 Å². The van der Waals surface area contributed by atoms with Crippen LogP contribution in [0.3, 0.4) is 0 Å². The molecule has 3 rings (SSSR count). The molecule has 0 aliphatic carbocycles. The van der Waals surface area contributed by atoms with Crippen molar-refractivity contribution in [2.75, 3.05) is 5.32 Å². The molecule has 90 valence electrons. The van der Waals surface area contributed by atoms with Crippen LogP contribution >= 0.6 is 0 Å². The number of hydrogen-bond acceptors (Lipinski definition) is 3. The third kappa shape index (κ3) is 2.05. The van der Waals surface area contributed by atoms with E-state index in [1.807, 2.05) is 31.6 Å². The zero-order valence-electron chi connectivity index (χ0n) is 10.2. The molecule has 0 saturated carbocycles. The molecule has 0 radical (unpaired) electrons. The quantitative estimate of drug-likeness (QED) is 0.762. The predicted molar refractivity (Wildman–Crippen MR) is 72.3 cm³/mol. The summed E-state index contributed by atoms with van der Waals surface area (Å²) in [6.07, 6.45) is 3.75. The van der Waals surface area contributed by atoms with Gasteiger partial charge in [0.1, 0.15) is 5.82 Å². The molecule has 4 heteroatoms. The van der Waals surface area contributed by atoms with Crippen LogP contribution in [0.5, 0.6) is 0 Å². The molecule has 1 N–H and O–H groups in total. The van der Waals surface area contributed by atoms with Crippen LogP contribution in [0.1, 0.15) is 5.56 Å². The number of fused-ring (bicyclic) bond motifs is 1. The molecule has 0 spiro atoms. The molecule has 0 fully saturated rings. The zero-order valence-corrected chi connectivity index (χ0v) is 10.2. The van der Waals surface area contributed by atoms with Crippen LogP contribution in [0.2, 0.25) is 0 Å². The second-order valence-corrected chi connectivity index (χ2v) is 4.22. The highest BCUT2D eigenvalue weighted by molar-refractivity contribution is 5.81. The second-order valence-electron chi connectivity index (χ2n) is 4.22. The summed E-state index contributed by atoms with van der Waals surface area (Å²) in [5, 5.41) is 8.76. The van der Waals surface area contributed by atoms with E-state index in [1.165, 1.54) is 5.56 Å². The molecule has 2 heterocycles. The van der Waals surface area contributed by atoms with Gasteiger partial charge in [0.2, 0.25) is 0 Å². The molecule has 0 atom stereocenters. The number of pyridine rings is 1. The number of benzene rings is 1. The van der Waals surface area contributed by atoms with Crippen LogP contribution in [0.4, 0.5) is 5.82 Å². The van der Waals surface area contributed by atoms with Crippen molar-refractivity contribution in [1.82, 2.24) is 14.8 Å². The minimum Gasteiger partial charge on any atom is -0.364 e. The zero-order chi connectivity index (χ0) is 12.4. The minimum absolute atomic E-state index is 0.728. The molecule has 1 aromatic carbocycles. The van der Waals surface area contributed by atoms with Gasteiger partial charge in [0.05, 0.1) is 5.52 Å². The van der Waals surface area contributed by atoms with Crippen LogP contribution in [0.15, 0.2) is 48.8 Å². The molecule has 0 bridgehead atoms. The Morgan fingerprint density at radius 1 is 1.17 bits per heavy atom. The average Bonchev–Trinajstić information content (AvgIpc) is 2.82. The SMILES string of the molecule is Cn1ccc(NCc2cccc3cccnc23)n1. The summed E-state index contributed by atoms with van der Waals surface area (Å²) in [6, 6.07) is 12.2. The van der Waals surface area contributed by atoms with E-state index in [2.05, 4.69) is 39.7 Å². The van der Waals surface area contributed by atoms with Crippen LogP contribution in [0.25, 0.3) is 10.9 Å². The Balaban J connectivity index is 1.86. The van der Waals surface area contributed by atoms with Gasteiger partial charge in [-0.15, -0.1) is 0 Å². The van der Waals surface area contributed by atoms with Crippen molar-refractivity contribution in [2.24, 2.45) is 7.05 Å². The lowest BCUT2D eigenvalue weighted by molar-refractivity contribution is 0.768. The van der Waals surface area contributed by atoms with E-state index in [0.717, 1.165) is 23.3 Å². The highest BCUT2D eigenvalue weighted by Gasteiger charge is 2.02. The third-order valence-electron chi connectivity index (χ3n) is 2.89. The fourth-order valence-electron chi connectivity index (χ4n) is 2.01. The highest BCUT2D eigenvalue weighted by Crippen LogP contribution is 2.16. The topological polar surface area (TPSA) is 42.7 Å². The molecular formula is C14H14N4. The lowest BCUT2D eigenvalue weighted by Crippen LogP contribution is -2.02. The number of nitrogens with zero attached hydrogens (tertiary/aromatic N) is 3. The summed E-state index contributed by atoms with van der Waals surface area (Å²) in [7, 11) is 1.91. The number of aromatic nitrogens is 3. The number of aryl methyl sites for hydroxylation is 1. The molecule has 0 aliphatic rings. The minimum atomic E-state index is 0.728. The van der Waals surface area contributed by atoms with Gasteiger partial charge in [0.25, 0.3) is 0 Å². The van der Waals surface area contributed by atoms with Crippen LogP contribution in [-0.4, -0.2) is 14.8 Å². The van der Waals surface area contributed by atoms with Gasteiger partial charge >= 0.3 is 0 Å². The van der Waals surface area contributed by atoms with Gasteiger partial charge in [-0.1, -0.05) is 24.3 Å². The Morgan fingerprint density at radius 2 is 2.06 bits per heavy atom. The van der Waals surface area contributed by atoms with E-state index in [1.54, 1.807) is 4.68 Å². The molecule has 0 aliphatic heterocycles. The second kappa shape index (κ2) is 4.49. The Kier molecular flexibility index (Phi) is 2.68. The Bertz CT molecular complexity index is 667. The third-order valence-corrected chi connectivity index (χ3v) is 2.89. The summed E-state index contributed by atoms with van der Waals surface area (Å²) < 4.78 is 1.78. The number of hydrogen-bond donors (Lipinski definition) is 1. The number of nitrogens with one attached hydrogen (secondary N) is 1. The van der Waals surface area contributed by atoms with E-state index < -0.39 is 0 Å². The van der Waals surface area contributed by atoms with E-state index in [0.29, 0.717) is 0 Å². The first-order valence-corrected chi connectivity index (χ1v) is 5.89. The van der Waals surface area contributed by atoms with Gasteiger partial charge < -0.3 is 5.32 Å². The largest absolute Gasteiger partial charge is 0.364 e.